The fraction of sp³-hybridized carbons (Fsp3) is 0.176. The molecule has 0 aliphatic carbocycles. The number of nitrogens with zero attached hydrogens (tertiary/aromatic N) is 2. The molecule has 2 rings (SSSR count). The zero-order valence-corrected chi connectivity index (χ0v) is 15.4. The van der Waals surface area contributed by atoms with E-state index in [1.807, 2.05) is 31.2 Å². The van der Waals surface area contributed by atoms with Crippen molar-refractivity contribution in [3.05, 3.63) is 64.7 Å². The minimum absolute atomic E-state index is 0.313. The van der Waals surface area contributed by atoms with Gasteiger partial charge in [0.25, 0.3) is 5.91 Å². The van der Waals surface area contributed by atoms with E-state index in [-0.39, 0.29) is 0 Å². The number of benzene rings is 2. The Morgan fingerprint density at radius 2 is 1.96 bits per heavy atom. The Bertz CT molecular complexity index is 898. The summed E-state index contributed by atoms with van der Waals surface area (Å²) in [7, 11) is -3.65. The Morgan fingerprint density at radius 1 is 1.24 bits per heavy atom. The fourth-order valence-electron chi connectivity index (χ4n) is 2.13. The van der Waals surface area contributed by atoms with Crippen LogP contribution in [0.5, 0.6) is 0 Å². The van der Waals surface area contributed by atoms with E-state index in [0.29, 0.717) is 10.7 Å². The Balaban J connectivity index is 2.07. The lowest BCUT2D eigenvalue weighted by atomic mass is 10.2. The number of anilines is 1. The molecule has 0 heterocycles. The van der Waals surface area contributed by atoms with Gasteiger partial charge in [0.1, 0.15) is 6.54 Å². The van der Waals surface area contributed by atoms with E-state index in [0.717, 1.165) is 21.7 Å². The highest BCUT2D eigenvalue weighted by Gasteiger charge is 2.20. The highest BCUT2D eigenvalue weighted by molar-refractivity contribution is 7.92. The summed E-state index contributed by atoms with van der Waals surface area (Å²) in [6.45, 7) is 1.55. The third-order valence-electron chi connectivity index (χ3n) is 3.23. The Labute approximate surface area is 152 Å². The first-order valence-corrected chi connectivity index (χ1v) is 9.60. The summed E-state index contributed by atoms with van der Waals surface area (Å²) in [5.41, 5.74) is 4.54. The summed E-state index contributed by atoms with van der Waals surface area (Å²) in [5.74, 6) is -0.561. The molecule has 25 heavy (non-hydrogen) atoms. The van der Waals surface area contributed by atoms with Crippen LogP contribution in [0, 0.1) is 6.92 Å². The van der Waals surface area contributed by atoms with Crippen LogP contribution in [0.3, 0.4) is 0 Å². The normalized spacial score (nSPS) is 11.5. The van der Waals surface area contributed by atoms with Gasteiger partial charge in [-0.2, -0.15) is 5.10 Å². The Hall–Kier alpha value is -2.38. The summed E-state index contributed by atoms with van der Waals surface area (Å²) in [6.07, 6.45) is 2.52. The van der Waals surface area contributed by atoms with Crippen molar-refractivity contribution < 1.29 is 13.2 Å². The molecule has 0 bridgehead atoms. The lowest BCUT2D eigenvalue weighted by molar-refractivity contribution is -0.119. The second kappa shape index (κ2) is 8.13. The van der Waals surface area contributed by atoms with Gasteiger partial charge in [-0.05, 0) is 30.7 Å². The first-order valence-electron chi connectivity index (χ1n) is 7.37. The quantitative estimate of drug-likeness (QED) is 0.618. The highest BCUT2D eigenvalue weighted by atomic mass is 35.5. The molecule has 0 aromatic heterocycles. The van der Waals surface area contributed by atoms with Gasteiger partial charge in [0.2, 0.25) is 10.0 Å². The fourth-order valence-corrected chi connectivity index (χ4v) is 3.16. The molecular weight excluding hydrogens is 362 g/mol. The summed E-state index contributed by atoms with van der Waals surface area (Å²) in [6, 6.07) is 13.9. The van der Waals surface area contributed by atoms with E-state index in [9.17, 15) is 13.2 Å². The minimum atomic E-state index is -3.65. The van der Waals surface area contributed by atoms with Gasteiger partial charge < -0.3 is 0 Å². The highest BCUT2D eigenvalue weighted by Crippen LogP contribution is 2.21. The van der Waals surface area contributed by atoms with Gasteiger partial charge in [-0.1, -0.05) is 47.5 Å². The zero-order valence-electron chi connectivity index (χ0n) is 13.8. The number of carbonyl (C=O) groups excluding carboxylic acids is 1. The molecule has 2 aromatic rings. The molecule has 6 nitrogen and oxygen atoms in total. The molecule has 0 radical (unpaired) electrons. The largest absolute Gasteiger partial charge is 0.271 e. The predicted octanol–water partition coefficient (Wildman–Crippen LogP) is 2.56. The molecule has 2 aromatic carbocycles. The maximum absolute atomic E-state index is 12.1. The van der Waals surface area contributed by atoms with E-state index in [1.54, 1.807) is 18.2 Å². The van der Waals surface area contributed by atoms with Crippen molar-refractivity contribution in [2.24, 2.45) is 5.10 Å². The second-order valence-corrected chi connectivity index (χ2v) is 7.80. The van der Waals surface area contributed by atoms with E-state index < -0.39 is 22.5 Å². The Kier molecular flexibility index (Phi) is 6.17. The number of hydrogen-bond donors (Lipinski definition) is 1. The van der Waals surface area contributed by atoms with Crippen LogP contribution in [0.1, 0.15) is 11.1 Å². The van der Waals surface area contributed by atoms with E-state index >= 15 is 0 Å². The average molecular weight is 380 g/mol. The molecule has 132 valence electrons. The molecule has 8 heteroatoms. The smallest absolute Gasteiger partial charge is 0.260 e. The van der Waals surface area contributed by atoms with Crippen LogP contribution in [0.25, 0.3) is 0 Å². The van der Waals surface area contributed by atoms with Crippen LogP contribution in [-0.4, -0.2) is 33.3 Å². The molecule has 1 N–H and O–H groups in total. The number of aryl methyl sites for hydroxylation is 1. The van der Waals surface area contributed by atoms with Crippen molar-refractivity contribution in [3.63, 3.8) is 0 Å². The molecule has 0 aliphatic heterocycles. The second-order valence-electron chi connectivity index (χ2n) is 5.46. The van der Waals surface area contributed by atoms with E-state index in [2.05, 4.69) is 10.5 Å². The lowest BCUT2D eigenvalue weighted by Gasteiger charge is -2.21. The first kappa shape index (κ1) is 19.0. The molecule has 0 saturated carbocycles. The molecule has 0 spiro atoms. The van der Waals surface area contributed by atoms with Gasteiger partial charge >= 0.3 is 0 Å². The van der Waals surface area contributed by atoms with Crippen LogP contribution >= 0.6 is 11.6 Å². The molecule has 0 fully saturated rings. The van der Waals surface area contributed by atoms with Gasteiger partial charge in [0, 0.05) is 5.02 Å². The SMILES string of the molecule is Cc1cccc(/C=N\NC(=O)CN(c2cccc(Cl)c2)S(C)(=O)=O)c1. The number of halogens is 1. The third-order valence-corrected chi connectivity index (χ3v) is 4.60. The van der Waals surface area contributed by atoms with Crippen LogP contribution in [0.2, 0.25) is 5.02 Å². The lowest BCUT2D eigenvalue weighted by Crippen LogP contribution is -2.39. The molecule has 0 unspecified atom stereocenters. The monoisotopic (exact) mass is 379 g/mol. The van der Waals surface area contributed by atoms with Crippen LogP contribution in [0.15, 0.2) is 53.6 Å². The molecule has 0 aliphatic rings. The number of nitrogens with one attached hydrogen (secondary N) is 1. The topological polar surface area (TPSA) is 78.8 Å². The van der Waals surface area contributed by atoms with Gasteiger partial charge in [-0.25, -0.2) is 13.8 Å². The summed E-state index contributed by atoms with van der Waals surface area (Å²) in [4.78, 5) is 12.1. The number of sulfonamides is 1. The third kappa shape index (κ3) is 5.88. The maximum Gasteiger partial charge on any atom is 0.260 e. The molecule has 0 saturated heterocycles. The average Bonchev–Trinajstić information content (AvgIpc) is 2.51. The van der Waals surface area contributed by atoms with Crippen molar-refractivity contribution in [1.29, 1.82) is 0 Å². The van der Waals surface area contributed by atoms with Crippen LogP contribution in [0.4, 0.5) is 5.69 Å². The van der Waals surface area contributed by atoms with Crippen molar-refractivity contribution in [2.75, 3.05) is 17.1 Å². The van der Waals surface area contributed by atoms with Crippen molar-refractivity contribution in [1.82, 2.24) is 5.43 Å². The van der Waals surface area contributed by atoms with Crippen molar-refractivity contribution in [2.45, 2.75) is 6.92 Å². The van der Waals surface area contributed by atoms with Crippen LogP contribution in [-0.2, 0) is 14.8 Å². The molecular formula is C17H18ClN3O3S. The maximum atomic E-state index is 12.1. The van der Waals surface area contributed by atoms with Gasteiger partial charge in [-0.15, -0.1) is 0 Å². The number of carbonyl (C=O) groups is 1. The van der Waals surface area contributed by atoms with Crippen molar-refractivity contribution >= 4 is 39.4 Å². The zero-order chi connectivity index (χ0) is 18.4. The molecule has 1 amide bonds. The van der Waals surface area contributed by atoms with Gasteiger partial charge in [-0.3, -0.25) is 9.10 Å². The molecule has 0 atom stereocenters. The van der Waals surface area contributed by atoms with Crippen molar-refractivity contribution in [3.8, 4) is 0 Å². The van der Waals surface area contributed by atoms with E-state index in [1.165, 1.54) is 12.3 Å². The summed E-state index contributed by atoms with van der Waals surface area (Å²) >= 11 is 5.89. The summed E-state index contributed by atoms with van der Waals surface area (Å²) in [5, 5.41) is 4.24. The van der Waals surface area contributed by atoms with E-state index in [4.69, 9.17) is 11.6 Å². The minimum Gasteiger partial charge on any atom is -0.271 e. The van der Waals surface area contributed by atoms with Gasteiger partial charge in [0.15, 0.2) is 0 Å². The number of hydrazone groups is 1. The van der Waals surface area contributed by atoms with Crippen LogP contribution < -0.4 is 9.73 Å². The first-order chi connectivity index (χ1) is 11.8. The Morgan fingerprint density at radius 3 is 2.60 bits per heavy atom. The number of hydrogen-bond acceptors (Lipinski definition) is 4. The predicted molar refractivity (Wildman–Crippen MR) is 101 cm³/mol. The number of amides is 1. The standard InChI is InChI=1S/C17H18ClN3O3S/c1-13-5-3-6-14(9-13)11-19-20-17(22)12-21(25(2,23)24)16-8-4-7-15(18)10-16/h3-11H,12H2,1-2H3,(H,20,22)/b19-11-. The van der Waals surface area contributed by atoms with Gasteiger partial charge in [0.05, 0.1) is 18.2 Å². The number of rotatable bonds is 6. The summed E-state index contributed by atoms with van der Waals surface area (Å²) < 4.78 is 24.9.